The van der Waals surface area contributed by atoms with Gasteiger partial charge in [0.2, 0.25) is 5.91 Å². The van der Waals surface area contributed by atoms with E-state index in [2.05, 4.69) is 5.32 Å². The number of nitrogens with one attached hydrogen (secondary N) is 1. The summed E-state index contributed by atoms with van der Waals surface area (Å²) in [5.74, 6) is 0.225. The van der Waals surface area contributed by atoms with Crippen molar-refractivity contribution in [3.05, 3.63) is 21.3 Å². The molecule has 3 nitrogen and oxygen atoms in total. The first-order chi connectivity index (χ1) is 8.16. The zero-order valence-corrected chi connectivity index (χ0v) is 12.7. The lowest BCUT2D eigenvalue weighted by Crippen LogP contribution is -2.38. The van der Waals surface area contributed by atoms with Crippen LogP contribution in [0, 0.1) is 0 Å². The van der Waals surface area contributed by atoms with Crippen LogP contribution < -0.4 is 5.32 Å². The summed E-state index contributed by atoms with van der Waals surface area (Å²) < 4.78 is 0. The van der Waals surface area contributed by atoms with Gasteiger partial charge in [-0.15, -0.1) is 23.7 Å². The van der Waals surface area contributed by atoms with E-state index in [0.717, 1.165) is 31.0 Å². The summed E-state index contributed by atoms with van der Waals surface area (Å²) in [5.41, 5.74) is 0. The van der Waals surface area contributed by atoms with Gasteiger partial charge >= 0.3 is 0 Å². The fourth-order valence-electron chi connectivity index (χ4n) is 2.07. The van der Waals surface area contributed by atoms with Gasteiger partial charge in [-0.3, -0.25) is 4.79 Å². The summed E-state index contributed by atoms with van der Waals surface area (Å²) in [7, 11) is 1.90. The molecule has 1 atom stereocenters. The number of aryl methyl sites for hydroxylation is 1. The highest BCUT2D eigenvalue weighted by atomic mass is 35.5. The molecule has 18 heavy (non-hydrogen) atoms. The third-order valence-electron chi connectivity index (χ3n) is 3.18. The molecule has 6 heteroatoms. The van der Waals surface area contributed by atoms with E-state index in [-0.39, 0.29) is 18.3 Å². The molecule has 0 bridgehead atoms. The number of hydrogen-bond donors (Lipinski definition) is 1. The van der Waals surface area contributed by atoms with Crippen molar-refractivity contribution in [3.63, 3.8) is 0 Å². The van der Waals surface area contributed by atoms with Gasteiger partial charge in [-0.25, -0.2) is 0 Å². The zero-order valence-electron chi connectivity index (χ0n) is 10.3. The summed E-state index contributed by atoms with van der Waals surface area (Å²) in [4.78, 5) is 15.0. The first kappa shape index (κ1) is 15.8. The number of halogens is 2. The summed E-state index contributed by atoms with van der Waals surface area (Å²) in [6.07, 6.45) is 2.43. The molecule has 1 aromatic rings. The van der Waals surface area contributed by atoms with Crippen LogP contribution >= 0.6 is 35.3 Å². The van der Waals surface area contributed by atoms with E-state index in [4.69, 9.17) is 11.6 Å². The van der Waals surface area contributed by atoms with Crippen LogP contribution in [0.1, 0.15) is 17.7 Å². The average molecular weight is 309 g/mol. The van der Waals surface area contributed by atoms with Gasteiger partial charge in [0.05, 0.1) is 5.02 Å². The highest BCUT2D eigenvalue weighted by molar-refractivity contribution is 7.10. The van der Waals surface area contributed by atoms with Crippen LogP contribution in [0.4, 0.5) is 0 Å². The summed E-state index contributed by atoms with van der Waals surface area (Å²) in [5, 5.41) is 5.95. The maximum absolute atomic E-state index is 12.0. The normalized spacial score (nSPS) is 18.4. The van der Waals surface area contributed by atoms with E-state index in [9.17, 15) is 4.79 Å². The summed E-state index contributed by atoms with van der Waals surface area (Å²) >= 11 is 7.47. The van der Waals surface area contributed by atoms with E-state index < -0.39 is 0 Å². The lowest BCUT2D eigenvalue weighted by atomic mass is 10.2. The standard InChI is InChI=1S/C12H17ClN2OS.ClH/c1-15(10-4-5-14-7-10)12(16)3-2-11-6-9(13)8-17-11;/h6,8,10,14H,2-5,7H2,1H3;1H. The Balaban J connectivity index is 0.00000162. The summed E-state index contributed by atoms with van der Waals surface area (Å²) in [6.45, 7) is 1.94. The molecule has 1 aromatic heterocycles. The number of hydrogen-bond acceptors (Lipinski definition) is 3. The fraction of sp³-hybridized carbons (Fsp3) is 0.583. The summed E-state index contributed by atoms with van der Waals surface area (Å²) in [6, 6.07) is 2.31. The molecule has 1 aliphatic heterocycles. The van der Waals surface area contributed by atoms with Crippen LogP contribution in [0.25, 0.3) is 0 Å². The minimum absolute atomic E-state index is 0. The van der Waals surface area contributed by atoms with Crippen LogP contribution in [-0.4, -0.2) is 37.0 Å². The molecule has 1 unspecified atom stereocenters. The van der Waals surface area contributed by atoms with Crippen LogP contribution in [-0.2, 0) is 11.2 Å². The Hall–Kier alpha value is -0.290. The number of carbonyl (C=O) groups is 1. The third-order valence-corrected chi connectivity index (χ3v) is 4.53. The zero-order chi connectivity index (χ0) is 12.3. The molecule has 0 aliphatic carbocycles. The van der Waals surface area contributed by atoms with Gasteiger partial charge in [-0.05, 0) is 25.5 Å². The van der Waals surface area contributed by atoms with Crippen molar-refractivity contribution in [2.45, 2.75) is 25.3 Å². The van der Waals surface area contributed by atoms with Gasteiger partial charge < -0.3 is 10.2 Å². The Morgan fingerprint density at radius 1 is 1.67 bits per heavy atom. The van der Waals surface area contributed by atoms with Crippen LogP contribution in [0.3, 0.4) is 0 Å². The Kier molecular flexibility index (Phi) is 6.43. The fourth-order valence-corrected chi connectivity index (χ4v) is 3.14. The largest absolute Gasteiger partial charge is 0.341 e. The molecular weight excluding hydrogens is 291 g/mol. The monoisotopic (exact) mass is 308 g/mol. The molecule has 1 N–H and O–H groups in total. The Bertz CT molecular complexity index is 391. The molecule has 1 aliphatic rings. The predicted molar refractivity (Wildman–Crippen MR) is 78.9 cm³/mol. The van der Waals surface area contributed by atoms with Gasteiger partial charge in [0.1, 0.15) is 0 Å². The van der Waals surface area contributed by atoms with E-state index >= 15 is 0 Å². The molecular formula is C12H18Cl2N2OS. The van der Waals surface area contributed by atoms with E-state index in [1.165, 1.54) is 4.88 Å². The Morgan fingerprint density at radius 2 is 2.44 bits per heavy atom. The van der Waals surface area contributed by atoms with Crippen molar-refractivity contribution in [3.8, 4) is 0 Å². The predicted octanol–water partition coefficient (Wildman–Crippen LogP) is 2.58. The maximum Gasteiger partial charge on any atom is 0.222 e. The van der Waals surface area contributed by atoms with Crippen molar-refractivity contribution in [1.29, 1.82) is 0 Å². The number of nitrogens with zero attached hydrogens (tertiary/aromatic N) is 1. The van der Waals surface area contributed by atoms with Crippen LogP contribution in [0.2, 0.25) is 5.02 Å². The Morgan fingerprint density at radius 3 is 3.00 bits per heavy atom. The van der Waals surface area contributed by atoms with Gasteiger partial charge in [0.15, 0.2) is 0 Å². The minimum Gasteiger partial charge on any atom is -0.341 e. The average Bonchev–Trinajstić information content (AvgIpc) is 2.95. The highest BCUT2D eigenvalue weighted by Gasteiger charge is 2.22. The van der Waals surface area contributed by atoms with Gasteiger partial charge in [0, 0.05) is 36.3 Å². The quantitative estimate of drug-likeness (QED) is 0.927. The molecule has 2 rings (SSSR count). The first-order valence-electron chi connectivity index (χ1n) is 5.86. The molecule has 102 valence electrons. The minimum atomic E-state index is 0. The number of carbonyl (C=O) groups excluding carboxylic acids is 1. The SMILES string of the molecule is CN(C(=O)CCc1cc(Cl)cs1)C1CCNC1.Cl. The number of amides is 1. The van der Waals surface area contributed by atoms with Crippen molar-refractivity contribution in [2.75, 3.05) is 20.1 Å². The van der Waals surface area contributed by atoms with E-state index in [1.54, 1.807) is 11.3 Å². The molecule has 0 spiro atoms. The topological polar surface area (TPSA) is 32.3 Å². The molecule has 0 aromatic carbocycles. The van der Waals surface area contributed by atoms with Crippen molar-refractivity contribution >= 4 is 41.3 Å². The second-order valence-electron chi connectivity index (χ2n) is 4.38. The van der Waals surface area contributed by atoms with Gasteiger partial charge in [0.25, 0.3) is 0 Å². The molecule has 0 saturated carbocycles. The molecule has 1 saturated heterocycles. The smallest absolute Gasteiger partial charge is 0.222 e. The first-order valence-corrected chi connectivity index (χ1v) is 7.12. The second-order valence-corrected chi connectivity index (χ2v) is 5.81. The van der Waals surface area contributed by atoms with E-state index in [0.29, 0.717) is 12.5 Å². The second kappa shape index (κ2) is 7.34. The maximum atomic E-state index is 12.0. The molecule has 1 amide bonds. The number of likely N-dealkylation sites (N-methyl/N-ethyl adjacent to an activating group) is 1. The Labute approximate surface area is 123 Å². The van der Waals surface area contributed by atoms with Crippen molar-refractivity contribution in [1.82, 2.24) is 10.2 Å². The number of rotatable bonds is 4. The lowest BCUT2D eigenvalue weighted by Gasteiger charge is -2.23. The number of thiophene rings is 1. The highest BCUT2D eigenvalue weighted by Crippen LogP contribution is 2.20. The van der Waals surface area contributed by atoms with Crippen molar-refractivity contribution < 1.29 is 4.79 Å². The lowest BCUT2D eigenvalue weighted by molar-refractivity contribution is -0.131. The van der Waals surface area contributed by atoms with Gasteiger partial charge in [-0.1, -0.05) is 11.6 Å². The van der Waals surface area contributed by atoms with Gasteiger partial charge in [-0.2, -0.15) is 0 Å². The van der Waals surface area contributed by atoms with E-state index in [1.807, 2.05) is 23.4 Å². The van der Waals surface area contributed by atoms with Crippen molar-refractivity contribution in [2.24, 2.45) is 0 Å². The molecule has 1 fully saturated rings. The molecule has 2 heterocycles. The van der Waals surface area contributed by atoms with Crippen LogP contribution in [0.5, 0.6) is 0 Å². The molecule has 0 radical (unpaired) electrons. The van der Waals surface area contributed by atoms with Crippen LogP contribution in [0.15, 0.2) is 11.4 Å². The third kappa shape index (κ3) is 4.12.